The van der Waals surface area contributed by atoms with E-state index in [2.05, 4.69) is 15.4 Å². The fourth-order valence-corrected chi connectivity index (χ4v) is 4.94. The van der Waals surface area contributed by atoms with E-state index in [0.717, 1.165) is 30.2 Å². The minimum Gasteiger partial charge on any atom is -0.369 e. The predicted octanol–water partition coefficient (Wildman–Crippen LogP) is 2.02. The van der Waals surface area contributed by atoms with Gasteiger partial charge in [0, 0.05) is 31.8 Å². The van der Waals surface area contributed by atoms with Crippen LogP contribution in [0.2, 0.25) is 0 Å². The van der Waals surface area contributed by atoms with E-state index in [1.807, 2.05) is 0 Å². The monoisotopic (exact) mass is 388 g/mol. The van der Waals surface area contributed by atoms with Gasteiger partial charge in [0.25, 0.3) is 15.9 Å². The molecule has 0 bridgehead atoms. The van der Waals surface area contributed by atoms with E-state index >= 15 is 0 Å². The fourth-order valence-electron chi connectivity index (χ4n) is 3.54. The van der Waals surface area contributed by atoms with E-state index in [1.54, 1.807) is 37.3 Å². The number of carbonyl (C=O) groups is 1. The van der Waals surface area contributed by atoms with E-state index in [9.17, 15) is 13.2 Å². The Balaban J connectivity index is 1.88. The van der Waals surface area contributed by atoms with Gasteiger partial charge in [-0.2, -0.15) is 0 Å². The van der Waals surface area contributed by atoms with Gasteiger partial charge in [0.1, 0.15) is 11.5 Å². The second-order valence-electron chi connectivity index (χ2n) is 6.64. The third-order valence-electron chi connectivity index (χ3n) is 4.83. The molecule has 0 unspecified atom stereocenters. The molecule has 1 aromatic heterocycles. The average Bonchev–Trinajstić information content (AvgIpc) is 3.30. The number of likely N-dealkylation sites (N-methyl/N-ethyl adjacent to an activating group) is 1. The van der Waals surface area contributed by atoms with Crippen LogP contribution in [0, 0.1) is 6.92 Å². The molecule has 0 aliphatic carbocycles. The third-order valence-corrected chi connectivity index (χ3v) is 6.64. The largest absolute Gasteiger partial charge is 0.369 e. The lowest BCUT2D eigenvalue weighted by molar-refractivity contribution is -0.113. The zero-order valence-corrected chi connectivity index (χ0v) is 15.9. The van der Waals surface area contributed by atoms with E-state index in [1.165, 1.54) is 7.05 Å². The first-order valence-corrected chi connectivity index (χ1v) is 10.2. The molecule has 0 atom stereocenters. The normalized spacial score (nSPS) is 18.6. The van der Waals surface area contributed by atoms with Crippen LogP contribution in [0.5, 0.6) is 0 Å². The number of aryl methyl sites for hydroxylation is 1. The van der Waals surface area contributed by atoms with E-state index in [-0.39, 0.29) is 16.4 Å². The van der Waals surface area contributed by atoms with Crippen molar-refractivity contribution >= 4 is 27.4 Å². The maximum Gasteiger partial charge on any atom is 0.276 e. The molecular weight excluding hydrogens is 368 g/mol. The van der Waals surface area contributed by atoms with Crippen LogP contribution in [-0.2, 0) is 14.8 Å². The van der Waals surface area contributed by atoms with Crippen molar-refractivity contribution in [2.45, 2.75) is 24.7 Å². The molecule has 1 fully saturated rings. The molecule has 0 radical (unpaired) electrons. The highest BCUT2D eigenvalue weighted by Gasteiger charge is 2.40. The number of carbonyl (C=O) groups excluding carboxylic acids is 1. The summed E-state index contributed by atoms with van der Waals surface area (Å²) < 4.78 is 32.0. The highest BCUT2D eigenvalue weighted by molar-refractivity contribution is 7.89. The fraction of sp³-hybridized carbons (Fsp3) is 0.333. The Morgan fingerprint density at radius 2 is 1.93 bits per heavy atom. The lowest BCUT2D eigenvalue weighted by atomic mass is 10.1. The first-order valence-electron chi connectivity index (χ1n) is 8.72. The molecule has 1 N–H and O–H groups in total. The molecule has 8 nitrogen and oxygen atoms in total. The van der Waals surface area contributed by atoms with Crippen LogP contribution in [0.1, 0.15) is 24.2 Å². The Kier molecular flexibility index (Phi) is 4.18. The number of hydrogen-bond donors (Lipinski definition) is 1. The number of benzene rings is 1. The number of nitrogens with one attached hydrogen (secondary N) is 1. The number of aromatic nitrogens is 1. The molecule has 27 heavy (non-hydrogen) atoms. The summed E-state index contributed by atoms with van der Waals surface area (Å²) in [6, 6.07) is 8.38. The van der Waals surface area contributed by atoms with Gasteiger partial charge in [-0.1, -0.05) is 23.4 Å². The van der Waals surface area contributed by atoms with Gasteiger partial charge in [-0.15, -0.1) is 0 Å². The Morgan fingerprint density at radius 1 is 1.22 bits per heavy atom. The van der Waals surface area contributed by atoms with Gasteiger partial charge in [-0.25, -0.2) is 8.42 Å². The number of fused-ring (bicyclic) bond motifs is 1. The van der Waals surface area contributed by atoms with Crippen LogP contribution >= 0.6 is 0 Å². The van der Waals surface area contributed by atoms with E-state index in [4.69, 9.17) is 4.52 Å². The molecule has 1 amide bonds. The minimum atomic E-state index is -3.82. The third kappa shape index (κ3) is 2.87. The molecule has 3 heterocycles. The van der Waals surface area contributed by atoms with Gasteiger partial charge >= 0.3 is 0 Å². The minimum absolute atomic E-state index is 0.0938. The number of anilines is 1. The number of nitrogens with zero attached hydrogens (tertiary/aromatic N) is 3. The van der Waals surface area contributed by atoms with Crippen LogP contribution in [0.25, 0.3) is 5.70 Å². The molecule has 9 heteroatoms. The van der Waals surface area contributed by atoms with Crippen molar-refractivity contribution in [1.82, 2.24) is 14.4 Å². The van der Waals surface area contributed by atoms with Gasteiger partial charge in [-0.3, -0.25) is 9.10 Å². The number of likely N-dealkylation sites (tertiary alicyclic amines) is 1. The smallest absolute Gasteiger partial charge is 0.276 e. The highest BCUT2D eigenvalue weighted by Crippen LogP contribution is 2.39. The molecule has 1 saturated heterocycles. The Bertz CT molecular complexity index is 1040. The topological polar surface area (TPSA) is 95.8 Å². The molecule has 2 aliphatic heterocycles. The van der Waals surface area contributed by atoms with Gasteiger partial charge in [-0.05, 0) is 25.8 Å². The van der Waals surface area contributed by atoms with Crippen molar-refractivity contribution in [2.75, 3.05) is 25.5 Å². The van der Waals surface area contributed by atoms with Crippen LogP contribution in [0.15, 0.2) is 45.4 Å². The van der Waals surface area contributed by atoms with Crippen LogP contribution in [0.4, 0.5) is 5.82 Å². The van der Waals surface area contributed by atoms with Crippen molar-refractivity contribution in [1.29, 1.82) is 0 Å². The maximum absolute atomic E-state index is 13.1. The summed E-state index contributed by atoms with van der Waals surface area (Å²) >= 11 is 0. The summed E-state index contributed by atoms with van der Waals surface area (Å²) in [5, 5.41) is 6.42. The lowest BCUT2D eigenvalue weighted by Crippen LogP contribution is -2.40. The second kappa shape index (κ2) is 6.41. The highest BCUT2D eigenvalue weighted by atomic mass is 32.2. The molecular formula is C18H20N4O4S. The Morgan fingerprint density at radius 3 is 2.59 bits per heavy atom. The van der Waals surface area contributed by atoms with Crippen molar-refractivity contribution in [3.63, 3.8) is 0 Å². The molecule has 2 aliphatic rings. The second-order valence-corrected chi connectivity index (χ2v) is 8.57. The zero-order valence-electron chi connectivity index (χ0n) is 15.1. The summed E-state index contributed by atoms with van der Waals surface area (Å²) in [7, 11) is -2.41. The Labute approximate surface area is 157 Å². The maximum atomic E-state index is 13.1. The summed E-state index contributed by atoms with van der Waals surface area (Å²) in [6.07, 6.45) is 2.00. The molecule has 2 aromatic rings. The van der Waals surface area contributed by atoms with Crippen molar-refractivity contribution in [3.8, 4) is 0 Å². The van der Waals surface area contributed by atoms with Gasteiger partial charge in [0.15, 0.2) is 5.82 Å². The van der Waals surface area contributed by atoms with Crippen molar-refractivity contribution < 1.29 is 17.7 Å². The molecule has 142 valence electrons. The van der Waals surface area contributed by atoms with Crippen LogP contribution in [0.3, 0.4) is 0 Å². The van der Waals surface area contributed by atoms with Gasteiger partial charge < -0.3 is 14.7 Å². The number of amides is 1. The number of rotatable bonds is 3. The summed E-state index contributed by atoms with van der Waals surface area (Å²) in [5.41, 5.74) is 1.29. The summed E-state index contributed by atoms with van der Waals surface area (Å²) in [5.74, 6) is 0.259. The Hall–Kier alpha value is -2.81. The molecule has 0 saturated carbocycles. The first-order chi connectivity index (χ1) is 12.9. The number of hydrogen-bond acceptors (Lipinski definition) is 6. The lowest BCUT2D eigenvalue weighted by Gasteiger charge is -2.34. The standard InChI is InChI=1S/C18H20N4O4S/c1-12-11-15(20-26-12)19-18(23)17-16(22-9-5-6-10-22)13-7-3-4-8-14(13)27(24,25)21(17)2/h3-4,7-8,11H,5-6,9-10H2,1-2H3,(H,19,20,23). The quantitative estimate of drug-likeness (QED) is 0.864. The van der Waals surface area contributed by atoms with E-state index in [0.29, 0.717) is 17.0 Å². The predicted molar refractivity (Wildman–Crippen MR) is 99.0 cm³/mol. The van der Waals surface area contributed by atoms with Crippen molar-refractivity contribution in [2.24, 2.45) is 0 Å². The van der Waals surface area contributed by atoms with Crippen molar-refractivity contribution in [3.05, 3.63) is 47.4 Å². The average molecular weight is 388 g/mol. The SMILES string of the molecule is Cc1cc(NC(=O)C2=C(N3CCCC3)c3ccccc3S(=O)(=O)N2C)no1. The number of sulfonamides is 1. The summed E-state index contributed by atoms with van der Waals surface area (Å²) in [6.45, 7) is 3.26. The molecule has 4 rings (SSSR count). The van der Waals surface area contributed by atoms with E-state index < -0.39 is 15.9 Å². The zero-order chi connectivity index (χ0) is 19.2. The van der Waals surface area contributed by atoms with Gasteiger partial charge in [0.05, 0.1) is 10.6 Å². The van der Waals surface area contributed by atoms with Crippen LogP contribution < -0.4 is 5.32 Å². The van der Waals surface area contributed by atoms with Gasteiger partial charge in [0.2, 0.25) is 0 Å². The molecule has 1 aromatic carbocycles. The van der Waals surface area contributed by atoms with Crippen LogP contribution in [-0.4, -0.2) is 48.8 Å². The molecule has 0 spiro atoms. The first kappa shape index (κ1) is 17.6. The summed E-state index contributed by atoms with van der Waals surface area (Å²) in [4.78, 5) is 15.4.